The van der Waals surface area contributed by atoms with Gasteiger partial charge in [-0.2, -0.15) is 0 Å². The van der Waals surface area contributed by atoms with Crippen LogP contribution in [0.15, 0.2) is 18.2 Å². The first kappa shape index (κ1) is 16.1. The van der Waals surface area contributed by atoms with E-state index in [1.54, 1.807) is 6.07 Å². The molecule has 0 fully saturated rings. The standard InChI is InChI=1S/C16H25F2N/c1-6-16(7-2,11-19-15(3,4)5)13-9-8-12(17)10-14(13)18/h8-10,19H,6-7,11H2,1-5H3. The molecule has 0 amide bonds. The molecule has 0 bridgehead atoms. The van der Waals surface area contributed by atoms with Gasteiger partial charge < -0.3 is 5.32 Å². The normalized spacial score (nSPS) is 12.8. The smallest absolute Gasteiger partial charge is 0.129 e. The van der Waals surface area contributed by atoms with Crippen LogP contribution in [0.1, 0.15) is 53.0 Å². The molecule has 1 aromatic rings. The van der Waals surface area contributed by atoms with E-state index < -0.39 is 11.6 Å². The van der Waals surface area contributed by atoms with Crippen molar-refractivity contribution < 1.29 is 8.78 Å². The van der Waals surface area contributed by atoms with Gasteiger partial charge in [-0.1, -0.05) is 19.9 Å². The Morgan fingerprint density at radius 3 is 2.05 bits per heavy atom. The minimum absolute atomic E-state index is 0.0217. The van der Waals surface area contributed by atoms with Crippen molar-refractivity contribution in [3.8, 4) is 0 Å². The lowest BCUT2D eigenvalue weighted by Crippen LogP contribution is -2.46. The summed E-state index contributed by atoms with van der Waals surface area (Å²) in [5, 5.41) is 3.44. The Labute approximate surface area is 115 Å². The molecule has 0 aliphatic rings. The molecule has 0 saturated heterocycles. The molecular weight excluding hydrogens is 244 g/mol. The summed E-state index contributed by atoms with van der Waals surface area (Å²) in [6.45, 7) is 11.1. The summed E-state index contributed by atoms with van der Waals surface area (Å²) in [4.78, 5) is 0. The van der Waals surface area contributed by atoms with Gasteiger partial charge in [-0.3, -0.25) is 0 Å². The van der Waals surface area contributed by atoms with Gasteiger partial charge in [0.05, 0.1) is 0 Å². The van der Waals surface area contributed by atoms with Crippen molar-refractivity contribution in [1.82, 2.24) is 5.32 Å². The summed E-state index contributed by atoms with van der Waals surface area (Å²) in [5.74, 6) is -0.967. The number of hydrogen-bond donors (Lipinski definition) is 1. The first-order chi connectivity index (χ1) is 8.74. The molecule has 108 valence electrons. The summed E-state index contributed by atoms with van der Waals surface area (Å²) in [6.07, 6.45) is 1.63. The average molecular weight is 269 g/mol. The van der Waals surface area contributed by atoms with Gasteiger partial charge in [-0.05, 0) is 45.2 Å². The molecule has 0 heterocycles. The Morgan fingerprint density at radius 1 is 1.05 bits per heavy atom. The van der Waals surface area contributed by atoms with Crippen LogP contribution < -0.4 is 5.32 Å². The summed E-state index contributed by atoms with van der Waals surface area (Å²) in [5.41, 5.74) is 0.299. The average Bonchev–Trinajstić information content (AvgIpc) is 2.31. The monoisotopic (exact) mass is 269 g/mol. The maximum absolute atomic E-state index is 14.1. The highest BCUT2D eigenvalue weighted by Gasteiger charge is 2.32. The van der Waals surface area contributed by atoms with Crippen molar-refractivity contribution in [2.75, 3.05) is 6.54 Å². The highest BCUT2D eigenvalue weighted by molar-refractivity contribution is 5.28. The lowest BCUT2D eigenvalue weighted by Gasteiger charge is -2.36. The maximum atomic E-state index is 14.1. The molecule has 1 rings (SSSR count). The minimum Gasteiger partial charge on any atom is -0.311 e. The maximum Gasteiger partial charge on any atom is 0.129 e. The molecule has 0 saturated carbocycles. The molecular formula is C16H25F2N. The third-order valence-electron chi connectivity index (χ3n) is 3.81. The highest BCUT2D eigenvalue weighted by atomic mass is 19.1. The second kappa shape index (κ2) is 6.00. The van der Waals surface area contributed by atoms with Gasteiger partial charge in [0, 0.05) is 23.6 Å². The van der Waals surface area contributed by atoms with Gasteiger partial charge in [0.1, 0.15) is 11.6 Å². The van der Waals surface area contributed by atoms with E-state index in [1.807, 2.05) is 0 Å². The zero-order chi connectivity index (χ0) is 14.7. The van der Waals surface area contributed by atoms with Crippen molar-refractivity contribution >= 4 is 0 Å². The van der Waals surface area contributed by atoms with Gasteiger partial charge in [0.2, 0.25) is 0 Å². The summed E-state index contributed by atoms with van der Waals surface area (Å²) in [7, 11) is 0. The van der Waals surface area contributed by atoms with Gasteiger partial charge in [-0.15, -0.1) is 0 Å². The lowest BCUT2D eigenvalue weighted by molar-refractivity contribution is 0.304. The van der Waals surface area contributed by atoms with Crippen LogP contribution in [0, 0.1) is 11.6 Å². The number of benzene rings is 1. The highest BCUT2D eigenvalue weighted by Crippen LogP contribution is 2.33. The zero-order valence-corrected chi connectivity index (χ0v) is 12.6. The van der Waals surface area contributed by atoms with E-state index in [0.717, 1.165) is 18.9 Å². The molecule has 19 heavy (non-hydrogen) atoms. The Balaban J connectivity index is 3.10. The van der Waals surface area contributed by atoms with Gasteiger partial charge in [0.15, 0.2) is 0 Å². The van der Waals surface area contributed by atoms with E-state index in [0.29, 0.717) is 12.1 Å². The van der Waals surface area contributed by atoms with Crippen LogP contribution in [0.4, 0.5) is 8.78 Å². The Bertz CT molecular complexity index is 417. The van der Waals surface area contributed by atoms with Crippen molar-refractivity contribution in [3.63, 3.8) is 0 Å². The lowest BCUT2D eigenvalue weighted by atomic mass is 9.75. The Kier molecular flexibility index (Phi) is 5.08. The SMILES string of the molecule is CCC(CC)(CNC(C)(C)C)c1ccc(F)cc1F. The fourth-order valence-corrected chi connectivity index (χ4v) is 2.33. The molecule has 0 aliphatic heterocycles. The van der Waals surface area contributed by atoms with Crippen molar-refractivity contribution in [2.45, 2.75) is 58.4 Å². The predicted molar refractivity (Wildman–Crippen MR) is 76.4 cm³/mol. The van der Waals surface area contributed by atoms with Gasteiger partial charge >= 0.3 is 0 Å². The predicted octanol–water partition coefficient (Wildman–Crippen LogP) is 4.41. The minimum atomic E-state index is -0.522. The van der Waals surface area contributed by atoms with E-state index in [9.17, 15) is 8.78 Å². The number of halogens is 2. The van der Waals surface area contributed by atoms with E-state index in [-0.39, 0.29) is 11.0 Å². The third-order valence-corrected chi connectivity index (χ3v) is 3.81. The molecule has 0 radical (unpaired) electrons. The number of rotatable bonds is 5. The van der Waals surface area contributed by atoms with Crippen LogP contribution in [0.2, 0.25) is 0 Å². The largest absolute Gasteiger partial charge is 0.311 e. The van der Waals surface area contributed by atoms with Gasteiger partial charge in [0.25, 0.3) is 0 Å². The van der Waals surface area contributed by atoms with Crippen LogP contribution >= 0.6 is 0 Å². The molecule has 0 atom stereocenters. The molecule has 0 spiro atoms. The van der Waals surface area contributed by atoms with Crippen molar-refractivity contribution in [1.29, 1.82) is 0 Å². The molecule has 0 aromatic heterocycles. The third kappa shape index (κ3) is 4.00. The van der Waals surface area contributed by atoms with E-state index in [1.165, 1.54) is 6.07 Å². The number of hydrogen-bond acceptors (Lipinski definition) is 1. The molecule has 0 aliphatic carbocycles. The van der Waals surface area contributed by atoms with Crippen molar-refractivity contribution in [2.24, 2.45) is 0 Å². The van der Waals surface area contributed by atoms with Crippen LogP contribution in [0.25, 0.3) is 0 Å². The van der Waals surface area contributed by atoms with Crippen molar-refractivity contribution in [3.05, 3.63) is 35.4 Å². The molecule has 3 heteroatoms. The van der Waals surface area contributed by atoms with Crippen LogP contribution in [0.3, 0.4) is 0 Å². The first-order valence-corrected chi connectivity index (χ1v) is 6.94. The summed E-state index contributed by atoms with van der Waals surface area (Å²) >= 11 is 0. The topological polar surface area (TPSA) is 12.0 Å². The van der Waals surface area contributed by atoms with Crippen LogP contribution in [-0.4, -0.2) is 12.1 Å². The fourth-order valence-electron chi connectivity index (χ4n) is 2.33. The molecule has 1 nitrogen and oxygen atoms in total. The number of nitrogens with one attached hydrogen (secondary N) is 1. The summed E-state index contributed by atoms with van der Waals surface area (Å²) < 4.78 is 27.1. The molecule has 0 unspecified atom stereocenters. The van der Waals surface area contributed by atoms with Crippen LogP contribution in [0.5, 0.6) is 0 Å². The fraction of sp³-hybridized carbons (Fsp3) is 0.625. The van der Waals surface area contributed by atoms with Gasteiger partial charge in [-0.25, -0.2) is 8.78 Å². The van der Waals surface area contributed by atoms with E-state index in [2.05, 4.69) is 39.9 Å². The Morgan fingerprint density at radius 2 is 1.63 bits per heavy atom. The zero-order valence-electron chi connectivity index (χ0n) is 12.6. The second-order valence-corrected chi connectivity index (χ2v) is 6.22. The van der Waals surface area contributed by atoms with E-state index in [4.69, 9.17) is 0 Å². The molecule has 1 N–H and O–H groups in total. The van der Waals surface area contributed by atoms with Crippen LogP contribution in [-0.2, 0) is 5.41 Å². The molecule has 1 aromatic carbocycles. The first-order valence-electron chi connectivity index (χ1n) is 6.94. The summed E-state index contributed by atoms with van der Waals surface area (Å²) in [6, 6.07) is 3.91. The second-order valence-electron chi connectivity index (χ2n) is 6.22. The Hall–Kier alpha value is -0.960. The van der Waals surface area contributed by atoms with E-state index >= 15 is 0 Å². The quantitative estimate of drug-likeness (QED) is 0.835.